The summed E-state index contributed by atoms with van der Waals surface area (Å²) in [4.78, 5) is 25.9. The number of carbonyl (C=O) groups excluding carboxylic acids is 2. The Hall–Kier alpha value is -3.35. The van der Waals surface area contributed by atoms with Crippen molar-refractivity contribution >= 4 is 29.1 Å². The van der Waals surface area contributed by atoms with Crippen LogP contribution >= 0.6 is 0 Å². The summed E-state index contributed by atoms with van der Waals surface area (Å²) in [5.74, 6) is -0.493. The number of nitrogens with zero attached hydrogens (tertiary/aromatic N) is 1. The third-order valence-corrected chi connectivity index (χ3v) is 4.50. The molecule has 3 rings (SSSR count). The van der Waals surface area contributed by atoms with Crippen LogP contribution in [0.3, 0.4) is 0 Å². The highest BCUT2D eigenvalue weighted by Crippen LogP contribution is 2.25. The molecule has 0 atom stereocenters. The molecule has 0 aromatic heterocycles. The van der Waals surface area contributed by atoms with Gasteiger partial charge in [-0.25, -0.2) is 14.0 Å². The number of halogens is 1. The second-order valence-electron chi connectivity index (χ2n) is 8.04. The first-order chi connectivity index (χ1) is 14.2. The van der Waals surface area contributed by atoms with Crippen LogP contribution in [-0.4, -0.2) is 35.7 Å². The van der Waals surface area contributed by atoms with Gasteiger partial charge < -0.3 is 20.3 Å². The molecule has 158 valence electrons. The quantitative estimate of drug-likeness (QED) is 0.701. The van der Waals surface area contributed by atoms with Crippen molar-refractivity contribution in [1.82, 2.24) is 4.90 Å². The molecule has 2 aromatic rings. The Bertz CT molecular complexity index is 949. The predicted molar refractivity (Wildman–Crippen MR) is 116 cm³/mol. The highest BCUT2D eigenvalue weighted by molar-refractivity contribution is 5.99. The molecular weight excluding hydrogens is 385 g/mol. The zero-order valence-corrected chi connectivity index (χ0v) is 17.4. The highest BCUT2D eigenvalue weighted by Gasteiger charge is 2.23. The lowest BCUT2D eigenvalue weighted by Crippen LogP contribution is -2.39. The zero-order chi connectivity index (χ0) is 21.7. The zero-order valence-electron chi connectivity index (χ0n) is 17.4. The number of hydrogen-bond acceptors (Lipinski definition) is 3. The van der Waals surface area contributed by atoms with Gasteiger partial charge in [0.15, 0.2) is 0 Å². The van der Waals surface area contributed by atoms with E-state index in [0.29, 0.717) is 18.8 Å². The minimum absolute atomic E-state index is 0.119. The average molecular weight is 411 g/mol. The van der Waals surface area contributed by atoms with Crippen LogP contribution in [0.5, 0.6) is 0 Å². The van der Waals surface area contributed by atoms with E-state index in [-0.39, 0.29) is 11.8 Å². The van der Waals surface area contributed by atoms with Gasteiger partial charge in [-0.15, -0.1) is 0 Å². The minimum atomic E-state index is -0.516. The number of para-hydroxylation sites is 1. The molecule has 1 aliphatic rings. The van der Waals surface area contributed by atoms with Crippen molar-refractivity contribution in [1.29, 1.82) is 0 Å². The van der Waals surface area contributed by atoms with Gasteiger partial charge in [0.05, 0.1) is 5.69 Å². The summed E-state index contributed by atoms with van der Waals surface area (Å²) in [6, 6.07) is 12.9. The summed E-state index contributed by atoms with van der Waals surface area (Å²) >= 11 is 0. The number of urea groups is 1. The molecule has 0 aliphatic carbocycles. The van der Waals surface area contributed by atoms with E-state index in [1.807, 2.05) is 39.0 Å². The fourth-order valence-electron chi connectivity index (χ4n) is 3.04. The summed E-state index contributed by atoms with van der Waals surface area (Å²) in [7, 11) is 0. The maximum Gasteiger partial charge on any atom is 0.410 e. The molecule has 2 N–H and O–H groups in total. The molecule has 1 aliphatic heterocycles. The molecule has 1 heterocycles. The van der Waals surface area contributed by atoms with Crippen LogP contribution in [0.1, 0.15) is 32.8 Å². The number of rotatable bonds is 3. The third kappa shape index (κ3) is 5.83. The number of anilines is 2. The standard InChI is InChI=1S/C23H26FN3O3/c1-23(2,3)30-22(29)27-14-12-17(13-15-27)16-8-10-18(11-9-16)25-21(28)26-20-7-5-4-6-19(20)24/h4-12H,13-15H2,1-3H3,(H2,25,26,28). The first kappa shape index (κ1) is 21.4. The largest absolute Gasteiger partial charge is 0.444 e. The molecule has 0 saturated carbocycles. The Labute approximate surface area is 175 Å². The van der Waals surface area contributed by atoms with Gasteiger partial charge in [-0.05, 0) is 62.6 Å². The maximum atomic E-state index is 13.6. The molecular formula is C23H26FN3O3. The van der Waals surface area contributed by atoms with Crippen LogP contribution in [-0.2, 0) is 4.74 Å². The molecule has 7 heteroatoms. The molecule has 3 amide bonds. The molecule has 0 saturated heterocycles. The van der Waals surface area contributed by atoms with Crippen LogP contribution < -0.4 is 10.6 Å². The smallest absolute Gasteiger partial charge is 0.410 e. The molecule has 0 spiro atoms. The van der Waals surface area contributed by atoms with Gasteiger partial charge in [-0.2, -0.15) is 0 Å². The van der Waals surface area contributed by atoms with E-state index in [1.54, 1.807) is 29.2 Å². The van der Waals surface area contributed by atoms with Crippen molar-refractivity contribution in [2.75, 3.05) is 23.7 Å². The summed E-state index contributed by atoms with van der Waals surface area (Å²) in [6.45, 7) is 6.63. The minimum Gasteiger partial charge on any atom is -0.444 e. The fraction of sp³-hybridized carbons (Fsp3) is 0.304. The van der Waals surface area contributed by atoms with E-state index < -0.39 is 17.4 Å². The summed E-state index contributed by atoms with van der Waals surface area (Å²) in [5, 5.41) is 5.17. The number of amides is 3. The summed E-state index contributed by atoms with van der Waals surface area (Å²) in [5.41, 5.74) is 2.37. The molecule has 0 unspecified atom stereocenters. The molecule has 6 nitrogen and oxygen atoms in total. The topological polar surface area (TPSA) is 70.7 Å². The summed E-state index contributed by atoms with van der Waals surface area (Å²) < 4.78 is 19.0. The van der Waals surface area contributed by atoms with Crippen molar-refractivity contribution in [3.63, 3.8) is 0 Å². The van der Waals surface area contributed by atoms with E-state index in [1.165, 1.54) is 12.1 Å². The van der Waals surface area contributed by atoms with Crippen molar-refractivity contribution in [2.45, 2.75) is 32.8 Å². The number of nitrogens with one attached hydrogen (secondary N) is 2. The van der Waals surface area contributed by atoms with Gasteiger partial charge in [0.2, 0.25) is 0 Å². The van der Waals surface area contributed by atoms with Crippen molar-refractivity contribution in [3.8, 4) is 0 Å². The van der Waals surface area contributed by atoms with Crippen LogP contribution in [0.2, 0.25) is 0 Å². The number of ether oxygens (including phenoxy) is 1. The van der Waals surface area contributed by atoms with Crippen molar-refractivity contribution in [2.24, 2.45) is 0 Å². The molecule has 0 radical (unpaired) electrons. The lowest BCUT2D eigenvalue weighted by molar-refractivity contribution is 0.0270. The predicted octanol–water partition coefficient (Wildman–Crippen LogP) is 5.49. The van der Waals surface area contributed by atoms with Crippen molar-refractivity contribution < 1.29 is 18.7 Å². The Morgan fingerprint density at radius 3 is 2.33 bits per heavy atom. The highest BCUT2D eigenvalue weighted by atomic mass is 19.1. The van der Waals surface area contributed by atoms with E-state index >= 15 is 0 Å². The van der Waals surface area contributed by atoms with Gasteiger partial charge in [0.1, 0.15) is 11.4 Å². The number of carbonyl (C=O) groups is 2. The molecule has 0 bridgehead atoms. The fourth-order valence-corrected chi connectivity index (χ4v) is 3.04. The first-order valence-electron chi connectivity index (χ1n) is 9.81. The van der Waals surface area contributed by atoms with Gasteiger partial charge >= 0.3 is 12.1 Å². The van der Waals surface area contributed by atoms with Crippen LogP contribution in [0, 0.1) is 5.82 Å². The second-order valence-corrected chi connectivity index (χ2v) is 8.04. The lowest BCUT2D eigenvalue weighted by Gasteiger charge is -2.29. The second kappa shape index (κ2) is 8.98. The van der Waals surface area contributed by atoms with Gasteiger partial charge in [0, 0.05) is 18.8 Å². The lowest BCUT2D eigenvalue weighted by atomic mass is 9.99. The monoisotopic (exact) mass is 411 g/mol. The summed E-state index contributed by atoms with van der Waals surface area (Å²) in [6.07, 6.45) is 2.43. The molecule has 30 heavy (non-hydrogen) atoms. The SMILES string of the molecule is CC(C)(C)OC(=O)N1CC=C(c2ccc(NC(=O)Nc3ccccc3F)cc2)CC1. The van der Waals surface area contributed by atoms with E-state index in [2.05, 4.69) is 10.6 Å². The Kier molecular flexibility index (Phi) is 6.40. The number of hydrogen-bond donors (Lipinski definition) is 2. The van der Waals surface area contributed by atoms with E-state index in [0.717, 1.165) is 17.6 Å². The Morgan fingerprint density at radius 1 is 1.03 bits per heavy atom. The van der Waals surface area contributed by atoms with E-state index in [4.69, 9.17) is 4.74 Å². The van der Waals surface area contributed by atoms with Gasteiger partial charge in [-0.3, -0.25) is 0 Å². The van der Waals surface area contributed by atoms with Crippen LogP contribution in [0.4, 0.5) is 25.4 Å². The Balaban J connectivity index is 1.56. The Morgan fingerprint density at radius 2 is 1.73 bits per heavy atom. The first-order valence-corrected chi connectivity index (χ1v) is 9.81. The average Bonchev–Trinajstić information content (AvgIpc) is 2.69. The number of benzene rings is 2. The normalized spacial score (nSPS) is 14.0. The van der Waals surface area contributed by atoms with Gasteiger partial charge in [0.25, 0.3) is 0 Å². The maximum absolute atomic E-state index is 13.6. The van der Waals surface area contributed by atoms with Crippen LogP contribution in [0.25, 0.3) is 5.57 Å². The van der Waals surface area contributed by atoms with Crippen LogP contribution in [0.15, 0.2) is 54.6 Å². The molecule has 2 aromatic carbocycles. The van der Waals surface area contributed by atoms with Gasteiger partial charge in [-0.1, -0.05) is 30.3 Å². The van der Waals surface area contributed by atoms with E-state index in [9.17, 15) is 14.0 Å². The third-order valence-electron chi connectivity index (χ3n) is 4.50. The molecule has 0 fully saturated rings. The van der Waals surface area contributed by atoms with Crippen molar-refractivity contribution in [3.05, 3.63) is 66.0 Å².